The smallest absolute Gasteiger partial charge is 0.0584 e. The molecule has 0 fully saturated rings. The number of benzene rings is 1. The summed E-state index contributed by atoms with van der Waals surface area (Å²) in [6.45, 7) is 4.24. The van der Waals surface area contributed by atoms with E-state index >= 15 is 0 Å². The van der Waals surface area contributed by atoms with Crippen molar-refractivity contribution in [3.8, 4) is 0 Å². The van der Waals surface area contributed by atoms with Gasteiger partial charge in [-0.25, -0.2) is 0 Å². The highest BCUT2D eigenvalue weighted by molar-refractivity contribution is 9.10. The van der Waals surface area contributed by atoms with Crippen LogP contribution in [0.25, 0.3) is 0 Å². The third kappa shape index (κ3) is 3.74. The van der Waals surface area contributed by atoms with E-state index in [1.165, 1.54) is 0 Å². The molecular formula is C12H17BrClNO. The zero-order valence-corrected chi connectivity index (χ0v) is 11.8. The average molecular weight is 307 g/mol. The number of aliphatic hydroxyl groups excluding tert-OH is 1. The van der Waals surface area contributed by atoms with Gasteiger partial charge in [-0.05, 0) is 31.0 Å². The van der Waals surface area contributed by atoms with E-state index in [1.54, 1.807) is 0 Å². The Morgan fingerprint density at radius 3 is 2.69 bits per heavy atom. The molecule has 0 heterocycles. The van der Waals surface area contributed by atoms with Crippen LogP contribution in [-0.2, 0) is 0 Å². The lowest BCUT2D eigenvalue weighted by molar-refractivity contribution is 0.230. The van der Waals surface area contributed by atoms with Crippen molar-refractivity contribution in [2.45, 2.75) is 32.4 Å². The zero-order chi connectivity index (χ0) is 12.1. The van der Waals surface area contributed by atoms with E-state index in [1.807, 2.05) is 32.0 Å². The minimum atomic E-state index is 0.120. The number of rotatable bonds is 5. The first kappa shape index (κ1) is 14.0. The van der Waals surface area contributed by atoms with Gasteiger partial charge < -0.3 is 10.4 Å². The standard InChI is InChI=1S/C12H17BrClNO/c1-3-10(7-16)15-8(2)11-5-4-9(13)6-12(11)14/h4-6,8,10,15-16H,3,7H2,1-2H3/t8?,10-/m1/s1. The van der Waals surface area contributed by atoms with Crippen LogP contribution in [0, 0.1) is 0 Å². The summed E-state index contributed by atoms with van der Waals surface area (Å²) in [6.07, 6.45) is 0.898. The van der Waals surface area contributed by atoms with Crippen LogP contribution < -0.4 is 5.32 Å². The molecule has 1 unspecified atom stereocenters. The Hall–Kier alpha value is -0.0900. The maximum atomic E-state index is 9.13. The highest BCUT2D eigenvalue weighted by Gasteiger charge is 2.13. The van der Waals surface area contributed by atoms with Crippen LogP contribution in [0.15, 0.2) is 22.7 Å². The summed E-state index contributed by atoms with van der Waals surface area (Å²) in [7, 11) is 0. The highest BCUT2D eigenvalue weighted by Crippen LogP contribution is 2.26. The monoisotopic (exact) mass is 305 g/mol. The Balaban J connectivity index is 2.76. The van der Waals surface area contributed by atoms with Crippen LogP contribution in [0.2, 0.25) is 5.02 Å². The molecule has 2 N–H and O–H groups in total. The molecule has 4 heteroatoms. The van der Waals surface area contributed by atoms with E-state index in [4.69, 9.17) is 16.7 Å². The molecule has 0 spiro atoms. The van der Waals surface area contributed by atoms with Gasteiger partial charge in [-0.2, -0.15) is 0 Å². The van der Waals surface area contributed by atoms with Crippen molar-refractivity contribution < 1.29 is 5.11 Å². The van der Waals surface area contributed by atoms with E-state index in [9.17, 15) is 0 Å². The topological polar surface area (TPSA) is 32.3 Å². The molecule has 0 radical (unpaired) electrons. The molecular weight excluding hydrogens is 289 g/mol. The summed E-state index contributed by atoms with van der Waals surface area (Å²) in [5.74, 6) is 0. The molecule has 1 rings (SSSR count). The third-order valence-electron chi connectivity index (χ3n) is 2.63. The van der Waals surface area contributed by atoms with Crippen molar-refractivity contribution in [1.82, 2.24) is 5.32 Å². The van der Waals surface area contributed by atoms with E-state index in [2.05, 4.69) is 21.2 Å². The first-order valence-corrected chi connectivity index (χ1v) is 6.57. The van der Waals surface area contributed by atoms with E-state index in [0.29, 0.717) is 0 Å². The molecule has 0 aromatic heterocycles. The quantitative estimate of drug-likeness (QED) is 0.872. The molecule has 16 heavy (non-hydrogen) atoms. The van der Waals surface area contributed by atoms with Gasteiger partial charge >= 0.3 is 0 Å². The summed E-state index contributed by atoms with van der Waals surface area (Å²) < 4.78 is 0.975. The molecule has 0 aliphatic rings. The Labute approximate surface area is 110 Å². The van der Waals surface area contributed by atoms with Crippen LogP contribution in [0.3, 0.4) is 0 Å². The molecule has 0 saturated heterocycles. The van der Waals surface area contributed by atoms with E-state index in [-0.39, 0.29) is 18.7 Å². The lowest BCUT2D eigenvalue weighted by Crippen LogP contribution is -2.34. The first-order valence-electron chi connectivity index (χ1n) is 5.40. The lowest BCUT2D eigenvalue weighted by Gasteiger charge is -2.21. The first-order chi connectivity index (χ1) is 7.58. The minimum absolute atomic E-state index is 0.120. The maximum absolute atomic E-state index is 9.13. The Kier molecular flexibility index (Phi) is 5.76. The summed E-state index contributed by atoms with van der Waals surface area (Å²) in [5, 5.41) is 13.2. The number of aliphatic hydroxyl groups is 1. The van der Waals surface area contributed by atoms with Gasteiger partial charge in [-0.3, -0.25) is 0 Å². The molecule has 0 bridgehead atoms. The van der Waals surface area contributed by atoms with Crippen molar-refractivity contribution in [2.75, 3.05) is 6.61 Å². The predicted octanol–water partition coefficient (Wildman–Crippen LogP) is 3.52. The molecule has 90 valence electrons. The van der Waals surface area contributed by atoms with Gasteiger partial charge in [0.2, 0.25) is 0 Å². The third-order valence-corrected chi connectivity index (χ3v) is 3.45. The van der Waals surface area contributed by atoms with Crippen molar-refractivity contribution in [1.29, 1.82) is 0 Å². The lowest BCUT2D eigenvalue weighted by atomic mass is 10.1. The summed E-state index contributed by atoms with van der Waals surface area (Å²) in [6, 6.07) is 6.11. The highest BCUT2D eigenvalue weighted by atomic mass is 79.9. The van der Waals surface area contributed by atoms with Crippen LogP contribution in [-0.4, -0.2) is 17.8 Å². The molecule has 0 aliphatic carbocycles. The van der Waals surface area contributed by atoms with Crippen molar-refractivity contribution >= 4 is 27.5 Å². The van der Waals surface area contributed by atoms with Gasteiger partial charge in [0.15, 0.2) is 0 Å². The van der Waals surface area contributed by atoms with Gasteiger partial charge in [-0.15, -0.1) is 0 Å². The fourth-order valence-electron chi connectivity index (χ4n) is 1.60. The number of halogens is 2. The van der Waals surface area contributed by atoms with Crippen LogP contribution in [0.4, 0.5) is 0 Å². The van der Waals surface area contributed by atoms with Crippen molar-refractivity contribution in [2.24, 2.45) is 0 Å². The van der Waals surface area contributed by atoms with Gasteiger partial charge in [0, 0.05) is 21.6 Å². The fourth-order valence-corrected chi connectivity index (χ4v) is 2.43. The van der Waals surface area contributed by atoms with Crippen LogP contribution in [0.1, 0.15) is 31.9 Å². The van der Waals surface area contributed by atoms with Gasteiger partial charge in [0.1, 0.15) is 0 Å². The number of hydrogen-bond donors (Lipinski definition) is 2. The summed E-state index contributed by atoms with van der Waals surface area (Å²) in [4.78, 5) is 0. The normalized spacial score (nSPS) is 14.8. The zero-order valence-electron chi connectivity index (χ0n) is 9.50. The second-order valence-corrected chi connectivity index (χ2v) is 5.16. The van der Waals surface area contributed by atoms with Crippen LogP contribution >= 0.6 is 27.5 Å². The Bertz CT molecular complexity index is 342. The van der Waals surface area contributed by atoms with E-state index < -0.39 is 0 Å². The maximum Gasteiger partial charge on any atom is 0.0584 e. The second-order valence-electron chi connectivity index (χ2n) is 3.84. The molecule has 2 nitrogen and oxygen atoms in total. The molecule has 0 amide bonds. The predicted molar refractivity (Wildman–Crippen MR) is 71.9 cm³/mol. The van der Waals surface area contributed by atoms with Gasteiger partial charge in [-0.1, -0.05) is 40.5 Å². The molecule has 2 atom stereocenters. The average Bonchev–Trinajstić information content (AvgIpc) is 2.25. The number of nitrogens with one attached hydrogen (secondary N) is 1. The van der Waals surface area contributed by atoms with Crippen LogP contribution in [0.5, 0.6) is 0 Å². The number of hydrogen-bond acceptors (Lipinski definition) is 2. The minimum Gasteiger partial charge on any atom is -0.395 e. The molecule has 1 aromatic carbocycles. The fraction of sp³-hybridized carbons (Fsp3) is 0.500. The largest absolute Gasteiger partial charge is 0.395 e. The summed E-state index contributed by atoms with van der Waals surface area (Å²) >= 11 is 9.54. The van der Waals surface area contributed by atoms with E-state index in [0.717, 1.165) is 21.5 Å². The Morgan fingerprint density at radius 2 is 2.19 bits per heavy atom. The van der Waals surface area contributed by atoms with Crippen molar-refractivity contribution in [3.05, 3.63) is 33.3 Å². The molecule has 0 aliphatic heterocycles. The Morgan fingerprint density at radius 1 is 1.50 bits per heavy atom. The van der Waals surface area contributed by atoms with Gasteiger partial charge in [0.05, 0.1) is 6.61 Å². The molecule has 0 saturated carbocycles. The van der Waals surface area contributed by atoms with Gasteiger partial charge in [0.25, 0.3) is 0 Å². The SMILES string of the molecule is CC[C@H](CO)NC(C)c1ccc(Br)cc1Cl. The summed E-state index contributed by atoms with van der Waals surface area (Å²) in [5.41, 5.74) is 1.05. The second kappa shape index (κ2) is 6.60. The van der Waals surface area contributed by atoms with Crippen molar-refractivity contribution in [3.63, 3.8) is 0 Å². The molecule has 1 aromatic rings.